The normalized spacial score (nSPS) is 10.8. The second-order valence-corrected chi connectivity index (χ2v) is 5.39. The van der Waals surface area contributed by atoms with Crippen LogP contribution in [-0.2, 0) is 0 Å². The summed E-state index contributed by atoms with van der Waals surface area (Å²) in [5, 5.41) is 19.4. The van der Waals surface area contributed by atoms with Gasteiger partial charge in [0.05, 0.1) is 11.7 Å². The van der Waals surface area contributed by atoms with Gasteiger partial charge in [0.2, 0.25) is 0 Å². The summed E-state index contributed by atoms with van der Waals surface area (Å²) in [5.41, 5.74) is 3.67. The third kappa shape index (κ3) is 2.52. The highest BCUT2D eigenvalue weighted by Gasteiger charge is 2.08. The lowest BCUT2D eigenvalue weighted by Crippen LogP contribution is -1.92. The molecule has 0 unspecified atom stereocenters. The van der Waals surface area contributed by atoms with Crippen LogP contribution in [0.5, 0.6) is 11.5 Å². The maximum atomic E-state index is 10.0. The molecule has 4 aromatic rings. The highest BCUT2D eigenvalue weighted by molar-refractivity contribution is 5.82. The van der Waals surface area contributed by atoms with Gasteiger partial charge in [0.15, 0.2) is 5.82 Å². The molecule has 0 saturated carbocycles. The van der Waals surface area contributed by atoms with Crippen molar-refractivity contribution >= 4 is 11.0 Å². The smallest absolute Gasteiger partial charge is 0.159 e. The number of aromatic nitrogens is 3. The minimum absolute atomic E-state index is 0.197. The molecule has 2 aromatic heterocycles. The number of hydrogen-bond acceptors (Lipinski definition) is 5. The first-order valence-corrected chi connectivity index (χ1v) is 7.41. The summed E-state index contributed by atoms with van der Waals surface area (Å²) in [6.45, 7) is 0. The third-order valence-corrected chi connectivity index (χ3v) is 3.77. The van der Waals surface area contributed by atoms with E-state index in [9.17, 15) is 10.2 Å². The van der Waals surface area contributed by atoms with Crippen LogP contribution in [0.15, 0.2) is 67.0 Å². The van der Waals surface area contributed by atoms with E-state index in [4.69, 9.17) is 0 Å². The SMILES string of the molecule is Oc1ccc(-c2ncc3ncc(-c4ccccc4O)cc3n2)cc1. The van der Waals surface area contributed by atoms with E-state index in [0.29, 0.717) is 22.4 Å². The van der Waals surface area contributed by atoms with E-state index in [1.54, 1.807) is 48.8 Å². The third-order valence-electron chi connectivity index (χ3n) is 3.77. The topological polar surface area (TPSA) is 79.1 Å². The minimum Gasteiger partial charge on any atom is -0.508 e. The standard InChI is InChI=1S/C19H13N3O2/c23-14-7-5-12(6-8-14)19-21-11-17-16(22-19)9-13(10-20-17)15-3-1-2-4-18(15)24/h1-11,23-24H. The van der Waals surface area contributed by atoms with Crippen molar-refractivity contribution in [3.63, 3.8) is 0 Å². The summed E-state index contributed by atoms with van der Waals surface area (Å²) in [7, 11) is 0. The van der Waals surface area contributed by atoms with Crippen molar-refractivity contribution < 1.29 is 10.2 Å². The number of pyridine rings is 1. The molecular formula is C19H13N3O2. The van der Waals surface area contributed by atoms with Gasteiger partial charge >= 0.3 is 0 Å². The number of aromatic hydroxyl groups is 2. The first-order valence-electron chi connectivity index (χ1n) is 7.41. The molecule has 0 fully saturated rings. The van der Waals surface area contributed by atoms with Crippen LogP contribution in [0.2, 0.25) is 0 Å². The van der Waals surface area contributed by atoms with Crippen LogP contribution in [0.4, 0.5) is 0 Å². The summed E-state index contributed by atoms with van der Waals surface area (Å²) in [5.74, 6) is 0.952. The van der Waals surface area contributed by atoms with Crippen molar-refractivity contribution in [2.24, 2.45) is 0 Å². The van der Waals surface area contributed by atoms with Gasteiger partial charge in [-0.2, -0.15) is 0 Å². The van der Waals surface area contributed by atoms with E-state index in [1.807, 2.05) is 18.2 Å². The van der Waals surface area contributed by atoms with Crippen LogP contribution in [0.3, 0.4) is 0 Å². The highest BCUT2D eigenvalue weighted by Crippen LogP contribution is 2.30. The average Bonchev–Trinajstić information content (AvgIpc) is 2.62. The van der Waals surface area contributed by atoms with Crippen molar-refractivity contribution in [3.05, 3.63) is 67.0 Å². The largest absolute Gasteiger partial charge is 0.508 e. The Labute approximate surface area is 137 Å². The molecule has 0 amide bonds. The van der Waals surface area contributed by atoms with Crippen molar-refractivity contribution in [2.75, 3.05) is 0 Å². The van der Waals surface area contributed by atoms with Crippen LogP contribution in [0, 0.1) is 0 Å². The highest BCUT2D eigenvalue weighted by atomic mass is 16.3. The molecule has 116 valence electrons. The van der Waals surface area contributed by atoms with Gasteiger partial charge in [0, 0.05) is 22.9 Å². The molecule has 0 aliphatic heterocycles. The van der Waals surface area contributed by atoms with Crippen LogP contribution in [0.25, 0.3) is 33.5 Å². The van der Waals surface area contributed by atoms with Gasteiger partial charge in [-0.15, -0.1) is 0 Å². The van der Waals surface area contributed by atoms with Gasteiger partial charge in [-0.25, -0.2) is 9.97 Å². The quantitative estimate of drug-likeness (QED) is 0.588. The Hall–Kier alpha value is -3.47. The monoisotopic (exact) mass is 315 g/mol. The van der Waals surface area contributed by atoms with E-state index < -0.39 is 0 Å². The molecule has 0 spiro atoms. The second kappa shape index (κ2) is 5.62. The predicted molar refractivity (Wildman–Crippen MR) is 91.5 cm³/mol. The van der Waals surface area contributed by atoms with E-state index in [2.05, 4.69) is 15.0 Å². The van der Waals surface area contributed by atoms with Crippen LogP contribution < -0.4 is 0 Å². The lowest BCUT2D eigenvalue weighted by atomic mass is 10.1. The molecule has 24 heavy (non-hydrogen) atoms. The number of fused-ring (bicyclic) bond motifs is 1. The van der Waals surface area contributed by atoms with Gasteiger partial charge in [-0.3, -0.25) is 4.98 Å². The Morgan fingerprint density at radius 3 is 2.29 bits per heavy atom. The van der Waals surface area contributed by atoms with Crippen molar-refractivity contribution in [2.45, 2.75) is 0 Å². The number of phenols is 2. The van der Waals surface area contributed by atoms with Gasteiger partial charge < -0.3 is 10.2 Å². The van der Waals surface area contributed by atoms with Crippen molar-refractivity contribution in [1.29, 1.82) is 0 Å². The molecule has 0 radical (unpaired) electrons. The fourth-order valence-electron chi connectivity index (χ4n) is 2.53. The van der Waals surface area contributed by atoms with Crippen LogP contribution >= 0.6 is 0 Å². The van der Waals surface area contributed by atoms with E-state index in [-0.39, 0.29) is 11.5 Å². The fraction of sp³-hybridized carbons (Fsp3) is 0. The Morgan fingerprint density at radius 1 is 0.708 bits per heavy atom. The van der Waals surface area contributed by atoms with Crippen LogP contribution in [-0.4, -0.2) is 25.2 Å². The lowest BCUT2D eigenvalue weighted by Gasteiger charge is -2.06. The summed E-state index contributed by atoms with van der Waals surface area (Å²) >= 11 is 0. The lowest BCUT2D eigenvalue weighted by molar-refractivity contribution is 0.475. The molecule has 5 nitrogen and oxygen atoms in total. The Balaban J connectivity index is 1.84. The maximum Gasteiger partial charge on any atom is 0.159 e. The molecule has 0 atom stereocenters. The van der Waals surface area contributed by atoms with E-state index >= 15 is 0 Å². The zero-order valence-electron chi connectivity index (χ0n) is 12.6. The first-order chi connectivity index (χ1) is 11.7. The zero-order valence-corrected chi connectivity index (χ0v) is 12.6. The summed E-state index contributed by atoms with van der Waals surface area (Å²) in [4.78, 5) is 13.2. The number of rotatable bonds is 2. The fourth-order valence-corrected chi connectivity index (χ4v) is 2.53. The Kier molecular flexibility index (Phi) is 3.31. The van der Waals surface area contributed by atoms with Gasteiger partial charge in [-0.05, 0) is 36.4 Å². The van der Waals surface area contributed by atoms with E-state index in [1.165, 1.54) is 0 Å². The van der Waals surface area contributed by atoms with Gasteiger partial charge in [0.25, 0.3) is 0 Å². The maximum absolute atomic E-state index is 10.0. The molecular weight excluding hydrogens is 302 g/mol. The minimum atomic E-state index is 0.197. The summed E-state index contributed by atoms with van der Waals surface area (Å²) < 4.78 is 0. The molecule has 2 N–H and O–H groups in total. The first kappa shape index (κ1) is 14.1. The molecule has 0 saturated heterocycles. The molecule has 2 aromatic carbocycles. The van der Waals surface area contributed by atoms with E-state index in [0.717, 1.165) is 11.1 Å². The van der Waals surface area contributed by atoms with Gasteiger partial charge in [-0.1, -0.05) is 18.2 Å². The predicted octanol–water partition coefficient (Wildman–Crippen LogP) is 3.77. The molecule has 4 rings (SSSR count). The van der Waals surface area contributed by atoms with Crippen LogP contribution in [0.1, 0.15) is 0 Å². The zero-order chi connectivity index (χ0) is 16.5. The number of nitrogens with zero attached hydrogens (tertiary/aromatic N) is 3. The summed E-state index contributed by atoms with van der Waals surface area (Å²) in [6.07, 6.45) is 3.36. The number of phenolic OH excluding ortho intramolecular Hbond substituents is 2. The Morgan fingerprint density at radius 2 is 1.50 bits per heavy atom. The Bertz CT molecular complexity index is 1030. The molecule has 0 aliphatic rings. The van der Waals surface area contributed by atoms with Gasteiger partial charge in [0.1, 0.15) is 17.0 Å². The van der Waals surface area contributed by atoms with Crippen molar-refractivity contribution in [3.8, 4) is 34.0 Å². The van der Waals surface area contributed by atoms with Crippen molar-refractivity contribution in [1.82, 2.24) is 15.0 Å². The number of hydrogen-bond donors (Lipinski definition) is 2. The molecule has 0 bridgehead atoms. The molecule has 2 heterocycles. The molecule has 5 heteroatoms. The molecule has 0 aliphatic carbocycles. The second-order valence-electron chi connectivity index (χ2n) is 5.39. The number of para-hydroxylation sites is 1. The summed E-state index contributed by atoms with van der Waals surface area (Å²) in [6, 6.07) is 15.7. The average molecular weight is 315 g/mol. The number of benzene rings is 2.